The van der Waals surface area contributed by atoms with E-state index < -0.39 is 12.0 Å². The minimum Gasteiger partial charge on any atom is -0.468 e. The lowest BCUT2D eigenvalue weighted by Crippen LogP contribution is -2.30. The average molecular weight is 265 g/mol. The van der Waals surface area contributed by atoms with E-state index in [-0.39, 0.29) is 12.5 Å². The summed E-state index contributed by atoms with van der Waals surface area (Å²) < 4.78 is 4.40. The number of rotatable bonds is 5. The molecule has 1 aromatic carbocycles. The van der Waals surface area contributed by atoms with Crippen molar-refractivity contribution < 1.29 is 19.1 Å². The molecule has 7 heteroatoms. The Bertz CT molecular complexity index is 470. The molecule has 4 N–H and O–H groups in total. The van der Waals surface area contributed by atoms with Gasteiger partial charge in [-0.05, 0) is 17.7 Å². The zero-order valence-electron chi connectivity index (χ0n) is 10.4. The van der Waals surface area contributed by atoms with Crippen molar-refractivity contribution in [1.82, 2.24) is 10.6 Å². The molecule has 7 nitrogen and oxygen atoms in total. The van der Waals surface area contributed by atoms with Crippen LogP contribution in [0.3, 0.4) is 0 Å². The van der Waals surface area contributed by atoms with Crippen molar-refractivity contribution in [3.8, 4) is 0 Å². The Kier molecular flexibility index (Phi) is 5.34. The third kappa shape index (κ3) is 5.07. The van der Waals surface area contributed by atoms with Crippen LogP contribution < -0.4 is 16.4 Å². The van der Waals surface area contributed by atoms with E-state index in [9.17, 15) is 14.4 Å². The van der Waals surface area contributed by atoms with Crippen LogP contribution in [-0.2, 0) is 16.1 Å². The molecule has 1 rings (SSSR count). The summed E-state index contributed by atoms with van der Waals surface area (Å²) in [5.41, 5.74) is 6.16. The first-order valence-corrected chi connectivity index (χ1v) is 5.50. The maximum Gasteiger partial charge on any atom is 0.325 e. The minimum absolute atomic E-state index is 0.180. The lowest BCUT2D eigenvalue weighted by molar-refractivity contribution is -0.139. The van der Waals surface area contributed by atoms with Gasteiger partial charge in [0, 0.05) is 12.1 Å². The van der Waals surface area contributed by atoms with Crippen LogP contribution in [0.25, 0.3) is 0 Å². The molecule has 0 saturated heterocycles. The number of nitrogens with one attached hydrogen (secondary N) is 2. The predicted octanol–water partition coefficient (Wildman–Crippen LogP) is -0.242. The SMILES string of the molecule is COC(=O)CNC(=O)c1ccc(CNC(N)=O)cc1. The molecule has 0 spiro atoms. The lowest BCUT2D eigenvalue weighted by atomic mass is 10.1. The minimum atomic E-state index is -0.611. The summed E-state index contributed by atoms with van der Waals surface area (Å²) in [7, 11) is 1.25. The van der Waals surface area contributed by atoms with Gasteiger partial charge >= 0.3 is 12.0 Å². The molecule has 0 saturated carbocycles. The molecular weight excluding hydrogens is 250 g/mol. The number of amides is 3. The normalized spacial score (nSPS) is 9.53. The summed E-state index contributed by atoms with van der Waals surface area (Å²) in [6, 6.07) is 5.93. The van der Waals surface area contributed by atoms with Gasteiger partial charge in [-0.2, -0.15) is 0 Å². The lowest BCUT2D eigenvalue weighted by Gasteiger charge is -2.05. The van der Waals surface area contributed by atoms with Gasteiger partial charge in [-0.25, -0.2) is 4.79 Å². The number of esters is 1. The van der Waals surface area contributed by atoms with E-state index in [0.29, 0.717) is 12.1 Å². The van der Waals surface area contributed by atoms with Crippen molar-refractivity contribution >= 4 is 17.9 Å². The molecule has 0 fully saturated rings. The van der Waals surface area contributed by atoms with Crippen LogP contribution in [0, 0.1) is 0 Å². The number of carbonyl (C=O) groups is 3. The van der Waals surface area contributed by atoms with Gasteiger partial charge in [0.15, 0.2) is 0 Å². The molecule has 0 atom stereocenters. The van der Waals surface area contributed by atoms with Crippen molar-refractivity contribution in [1.29, 1.82) is 0 Å². The van der Waals surface area contributed by atoms with Crippen molar-refractivity contribution in [2.75, 3.05) is 13.7 Å². The van der Waals surface area contributed by atoms with Crippen molar-refractivity contribution in [3.05, 3.63) is 35.4 Å². The predicted molar refractivity (Wildman–Crippen MR) is 67.2 cm³/mol. The van der Waals surface area contributed by atoms with Crippen LogP contribution in [0.4, 0.5) is 4.79 Å². The molecule has 0 aliphatic rings. The molecule has 0 radical (unpaired) electrons. The number of primary amides is 1. The fraction of sp³-hybridized carbons (Fsp3) is 0.250. The first-order chi connectivity index (χ1) is 9.02. The van der Waals surface area contributed by atoms with Crippen LogP contribution in [0.5, 0.6) is 0 Å². The maximum atomic E-state index is 11.6. The molecule has 0 unspecified atom stereocenters. The smallest absolute Gasteiger partial charge is 0.325 e. The Labute approximate surface area is 110 Å². The van der Waals surface area contributed by atoms with Crippen LogP contribution >= 0.6 is 0 Å². The van der Waals surface area contributed by atoms with Gasteiger partial charge in [0.1, 0.15) is 6.54 Å². The van der Waals surface area contributed by atoms with E-state index in [1.165, 1.54) is 7.11 Å². The zero-order chi connectivity index (χ0) is 14.3. The summed E-state index contributed by atoms with van der Waals surface area (Å²) in [5.74, 6) is -0.893. The van der Waals surface area contributed by atoms with Gasteiger partial charge in [0.05, 0.1) is 7.11 Å². The fourth-order valence-corrected chi connectivity index (χ4v) is 1.29. The second-order valence-electron chi connectivity index (χ2n) is 3.67. The molecule has 1 aromatic rings. The Morgan fingerprint density at radius 2 is 1.79 bits per heavy atom. The average Bonchev–Trinajstić information content (AvgIpc) is 2.42. The number of methoxy groups -OCH3 is 1. The second kappa shape index (κ2) is 7.00. The van der Waals surface area contributed by atoms with Crippen molar-refractivity contribution in [2.45, 2.75) is 6.54 Å². The number of benzene rings is 1. The van der Waals surface area contributed by atoms with Crippen LogP contribution in [0.1, 0.15) is 15.9 Å². The summed E-state index contributed by atoms with van der Waals surface area (Å²) in [6.07, 6.45) is 0. The van der Waals surface area contributed by atoms with Gasteiger partial charge in [-0.1, -0.05) is 12.1 Å². The zero-order valence-corrected chi connectivity index (χ0v) is 10.4. The molecule has 0 bridgehead atoms. The van der Waals surface area contributed by atoms with Crippen LogP contribution in [0.2, 0.25) is 0 Å². The van der Waals surface area contributed by atoms with Gasteiger partial charge in [0.2, 0.25) is 0 Å². The van der Waals surface area contributed by atoms with E-state index >= 15 is 0 Å². The monoisotopic (exact) mass is 265 g/mol. The maximum absolute atomic E-state index is 11.6. The van der Waals surface area contributed by atoms with Crippen LogP contribution in [0.15, 0.2) is 24.3 Å². The topological polar surface area (TPSA) is 111 Å². The first-order valence-electron chi connectivity index (χ1n) is 5.50. The van der Waals surface area contributed by atoms with Gasteiger partial charge in [-0.15, -0.1) is 0 Å². The molecular formula is C12H15N3O4. The summed E-state index contributed by atoms with van der Waals surface area (Å²) in [5, 5.41) is 4.85. The second-order valence-corrected chi connectivity index (χ2v) is 3.67. The molecule has 0 aliphatic carbocycles. The van der Waals surface area contributed by atoms with Gasteiger partial charge in [0.25, 0.3) is 5.91 Å². The molecule has 0 aromatic heterocycles. The van der Waals surface area contributed by atoms with Gasteiger partial charge < -0.3 is 21.1 Å². The third-order valence-electron chi connectivity index (χ3n) is 2.30. The Balaban J connectivity index is 2.53. The summed E-state index contributed by atoms with van der Waals surface area (Å²) in [4.78, 5) is 33.0. The van der Waals surface area contributed by atoms with E-state index in [2.05, 4.69) is 15.4 Å². The Hall–Kier alpha value is -2.57. The highest BCUT2D eigenvalue weighted by Gasteiger charge is 2.07. The Morgan fingerprint density at radius 3 is 2.32 bits per heavy atom. The third-order valence-corrected chi connectivity index (χ3v) is 2.30. The molecule has 0 aliphatic heterocycles. The number of hydrogen-bond donors (Lipinski definition) is 3. The first kappa shape index (κ1) is 14.5. The highest BCUT2D eigenvalue weighted by molar-refractivity contribution is 5.95. The molecule has 3 amide bonds. The number of nitrogens with two attached hydrogens (primary N) is 1. The van der Waals surface area contributed by atoms with E-state index in [1.54, 1.807) is 24.3 Å². The molecule has 0 heterocycles. The molecule has 19 heavy (non-hydrogen) atoms. The van der Waals surface area contributed by atoms with Crippen molar-refractivity contribution in [3.63, 3.8) is 0 Å². The number of carbonyl (C=O) groups excluding carboxylic acids is 3. The number of ether oxygens (including phenoxy) is 1. The highest BCUT2D eigenvalue weighted by atomic mass is 16.5. The molecule has 102 valence electrons. The fourth-order valence-electron chi connectivity index (χ4n) is 1.29. The summed E-state index contributed by atoms with van der Waals surface area (Å²) in [6.45, 7) is 0.111. The number of hydrogen-bond acceptors (Lipinski definition) is 4. The Morgan fingerprint density at radius 1 is 1.16 bits per heavy atom. The van der Waals surface area contributed by atoms with E-state index in [4.69, 9.17) is 5.73 Å². The van der Waals surface area contributed by atoms with Crippen molar-refractivity contribution in [2.24, 2.45) is 5.73 Å². The quantitative estimate of drug-likeness (QED) is 0.638. The van der Waals surface area contributed by atoms with E-state index in [0.717, 1.165) is 5.56 Å². The van der Waals surface area contributed by atoms with Crippen LogP contribution in [-0.4, -0.2) is 31.6 Å². The standard InChI is InChI=1S/C12H15N3O4/c1-19-10(16)7-14-11(17)9-4-2-8(3-5-9)6-15-12(13)18/h2-5H,6-7H2,1H3,(H,14,17)(H3,13,15,18). The highest BCUT2D eigenvalue weighted by Crippen LogP contribution is 2.04. The largest absolute Gasteiger partial charge is 0.468 e. The number of urea groups is 1. The van der Waals surface area contributed by atoms with Gasteiger partial charge in [-0.3, -0.25) is 9.59 Å². The van der Waals surface area contributed by atoms with E-state index in [1.807, 2.05) is 0 Å². The summed E-state index contributed by atoms with van der Waals surface area (Å²) >= 11 is 0.